The molecular formula is C11H15N3O5. The van der Waals surface area contributed by atoms with Gasteiger partial charge in [0.15, 0.2) is 0 Å². The molecule has 1 aromatic rings. The average molecular weight is 269 g/mol. The van der Waals surface area contributed by atoms with Gasteiger partial charge in [-0.3, -0.25) is 23.9 Å². The summed E-state index contributed by atoms with van der Waals surface area (Å²) in [7, 11) is 1.46. The van der Waals surface area contributed by atoms with E-state index in [9.17, 15) is 19.2 Å². The molecule has 2 N–H and O–H groups in total. The Morgan fingerprint density at radius 2 is 2.11 bits per heavy atom. The maximum absolute atomic E-state index is 11.8. The first kappa shape index (κ1) is 14.7. The van der Waals surface area contributed by atoms with Crippen molar-refractivity contribution in [1.29, 1.82) is 0 Å². The smallest absolute Gasteiger partial charge is 0.328 e. The van der Waals surface area contributed by atoms with Crippen LogP contribution in [0.3, 0.4) is 0 Å². The van der Waals surface area contributed by atoms with Crippen molar-refractivity contribution in [3.8, 4) is 0 Å². The number of rotatable bonds is 5. The molecule has 0 saturated carbocycles. The summed E-state index contributed by atoms with van der Waals surface area (Å²) in [4.78, 5) is 47.9. The summed E-state index contributed by atoms with van der Waals surface area (Å²) < 4.78 is 1.05. The van der Waals surface area contributed by atoms with Gasteiger partial charge in [-0.2, -0.15) is 0 Å². The van der Waals surface area contributed by atoms with E-state index < -0.39 is 29.0 Å². The van der Waals surface area contributed by atoms with Crippen molar-refractivity contribution in [3.05, 3.63) is 33.1 Å². The summed E-state index contributed by atoms with van der Waals surface area (Å²) >= 11 is 0. The van der Waals surface area contributed by atoms with Crippen LogP contribution in [0.1, 0.15) is 6.92 Å². The molecule has 0 spiro atoms. The van der Waals surface area contributed by atoms with Crippen molar-refractivity contribution >= 4 is 11.9 Å². The van der Waals surface area contributed by atoms with Crippen LogP contribution in [0, 0.1) is 5.92 Å². The number of carbonyl (C=O) groups is 2. The molecule has 104 valence electrons. The topological polar surface area (TPSA) is 112 Å². The molecule has 1 aromatic heterocycles. The standard InChI is InChI=1S/C11H15N3O5/c1-7(10(17)18)5-13(2)9(16)6-14-4-3-8(15)12-11(14)19/h3-4,7H,5-6H2,1-2H3,(H,17,18)(H,12,15,19). The Morgan fingerprint density at radius 3 is 2.63 bits per heavy atom. The average Bonchev–Trinajstić information content (AvgIpc) is 2.32. The van der Waals surface area contributed by atoms with Gasteiger partial charge in [-0.05, 0) is 0 Å². The van der Waals surface area contributed by atoms with Gasteiger partial charge < -0.3 is 10.0 Å². The number of hydrogen-bond donors (Lipinski definition) is 2. The quantitative estimate of drug-likeness (QED) is 0.691. The summed E-state index contributed by atoms with van der Waals surface area (Å²) in [5.41, 5.74) is -1.22. The third-order valence-electron chi connectivity index (χ3n) is 2.60. The van der Waals surface area contributed by atoms with Gasteiger partial charge in [-0.25, -0.2) is 4.79 Å². The molecule has 0 aliphatic carbocycles. The fraction of sp³-hybridized carbons (Fsp3) is 0.455. The van der Waals surface area contributed by atoms with E-state index in [1.165, 1.54) is 25.1 Å². The fourth-order valence-corrected chi connectivity index (χ4v) is 1.43. The van der Waals surface area contributed by atoms with E-state index in [4.69, 9.17) is 5.11 Å². The van der Waals surface area contributed by atoms with Crippen molar-refractivity contribution in [2.75, 3.05) is 13.6 Å². The van der Waals surface area contributed by atoms with Crippen molar-refractivity contribution in [3.63, 3.8) is 0 Å². The lowest BCUT2D eigenvalue weighted by Gasteiger charge is -2.19. The van der Waals surface area contributed by atoms with Gasteiger partial charge in [0.05, 0.1) is 5.92 Å². The molecule has 0 radical (unpaired) electrons. The third-order valence-corrected chi connectivity index (χ3v) is 2.60. The number of carboxylic acids is 1. The maximum Gasteiger partial charge on any atom is 0.328 e. The molecule has 1 unspecified atom stereocenters. The fourth-order valence-electron chi connectivity index (χ4n) is 1.43. The Kier molecular flexibility index (Phi) is 4.62. The first-order valence-corrected chi connectivity index (χ1v) is 5.58. The number of amides is 1. The zero-order valence-electron chi connectivity index (χ0n) is 10.6. The van der Waals surface area contributed by atoms with Gasteiger partial charge in [-0.1, -0.05) is 6.92 Å². The van der Waals surface area contributed by atoms with Crippen LogP contribution in [0.25, 0.3) is 0 Å². The number of nitrogens with zero attached hydrogens (tertiary/aromatic N) is 2. The molecule has 0 aromatic carbocycles. The van der Waals surface area contributed by atoms with Gasteiger partial charge in [0.2, 0.25) is 5.91 Å². The van der Waals surface area contributed by atoms with E-state index in [1.807, 2.05) is 4.98 Å². The molecule has 8 nitrogen and oxygen atoms in total. The van der Waals surface area contributed by atoms with Gasteiger partial charge in [0.1, 0.15) is 6.54 Å². The van der Waals surface area contributed by atoms with E-state index >= 15 is 0 Å². The molecular weight excluding hydrogens is 254 g/mol. The second kappa shape index (κ2) is 5.98. The Balaban J connectivity index is 2.71. The highest BCUT2D eigenvalue weighted by atomic mass is 16.4. The summed E-state index contributed by atoms with van der Waals surface area (Å²) in [5, 5.41) is 8.74. The van der Waals surface area contributed by atoms with Crippen LogP contribution < -0.4 is 11.2 Å². The highest BCUT2D eigenvalue weighted by Crippen LogP contribution is 1.99. The van der Waals surface area contributed by atoms with E-state index in [-0.39, 0.29) is 13.1 Å². The number of aromatic nitrogens is 2. The molecule has 1 amide bonds. The summed E-state index contributed by atoms with van der Waals surface area (Å²) in [6, 6.07) is 1.13. The number of aromatic amines is 1. The number of H-pyrrole nitrogens is 1. The molecule has 8 heteroatoms. The second-order valence-corrected chi connectivity index (χ2v) is 4.25. The van der Waals surface area contributed by atoms with Crippen molar-refractivity contribution < 1.29 is 14.7 Å². The number of hydrogen-bond acceptors (Lipinski definition) is 4. The largest absolute Gasteiger partial charge is 0.481 e. The van der Waals surface area contributed by atoms with E-state index in [0.717, 1.165) is 10.6 Å². The van der Waals surface area contributed by atoms with Crippen LogP contribution >= 0.6 is 0 Å². The van der Waals surface area contributed by atoms with Crippen LogP contribution in [0.2, 0.25) is 0 Å². The van der Waals surface area contributed by atoms with Gasteiger partial charge in [-0.15, -0.1) is 0 Å². The minimum absolute atomic E-state index is 0.0479. The van der Waals surface area contributed by atoms with Crippen molar-refractivity contribution in [2.45, 2.75) is 13.5 Å². The number of nitrogens with one attached hydrogen (secondary N) is 1. The van der Waals surface area contributed by atoms with E-state index in [1.54, 1.807) is 0 Å². The number of likely N-dealkylation sites (N-methyl/N-ethyl adjacent to an activating group) is 1. The lowest BCUT2D eigenvalue weighted by Crippen LogP contribution is -2.39. The molecule has 19 heavy (non-hydrogen) atoms. The zero-order chi connectivity index (χ0) is 14.6. The molecule has 0 aliphatic heterocycles. The van der Waals surface area contributed by atoms with Crippen LogP contribution in [0.15, 0.2) is 21.9 Å². The molecule has 1 heterocycles. The highest BCUT2D eigenvalue weighted by Gasteiger charge is 2.17. The minimum Gasteiger partial charge on any atom is -0.481 e. The first-order valence-electron chi connectivity index (χ1n) is 5.58. The molecule has 1 rings (SSSR count). The molecule has 0 saturated heterocycles. The Bertz CT molecular complexity index is 588. The SMILES string of the molecule is CC(CN(C)C(=O)Cn1ccc(=O)[nH]c1=O)C(=O)O. The normalized spacial score (nSPS) is 11.9. The molecule has 0 bridgehead atoms. The second-order valence-electron chi connectivity index (χ2n) is 4.25. The highest BCUT2D eigenvalue weighted by molar-refractivity contribution is 5.77. The van der Waals surface area contributed by atoms with Crippen LogP contribution in [-0.4, -0.2) is 45.0 Å². The first-order chi connectivity index (χ1) is 8.81. The minimum atomic E-state index is -0.999. The van der Waals surface area contributed by atoms with Crippen molar-refractivity contribution in [2.24, 2.45) is 5.92 Å². The zero-order valence-corrected chi connectivity index (χ0v) is 10.6. The predicted molar refractivity (Wildman–Crippen MR) is 65.8 cm³/mol. The number of aliphatic carboxylic acids is 1. The van der Waals surface area contributed by atoms with Crippen LogP contribution in [-0.2, 0) is 16.1 Å². The van der Waals surface area contributed by atoms with Gasteiger partial charge >= 0.3 is 11.7 Å². The monoisotopic (exact) mass is 269 g/mol. The molecule has 1 atom stereocenters. The van der Waals surface area contributed by atoms with E-state index in [2.05, 4.69) is 0 Å². The van der Waals surface area contributed by atoms with E-state index in [0.29, 0.717) is 0 Å². The Labute approximate surface area is 108 Å². The maximum atomic E-state index is 11.8. The summed E-state index contributed by atoms with van der Waals surface area (Å²) in [5.74, 6) is -2.11. The third kappa shape index (κ3) is 4.09. The van der Waals surface area contributed by atoms with Crippen LogP contribution in [0.4, 0.5) is 0 Å². The van der Waals surface area contributed by atoms with Crippen molar-refractivity contribution in [1.82, 2.24) is 14.5 Å². The number of carbonyl (C=O) groups excluding carboxylic acids is 1. The van der Waals surface area contributed by atoms with Gasteiger partial charge in [0, 0.05) is 25.9 Å². The Hall–Kier alpha value is -2.38. The summed E-state index contributed by atoms with van der Waals surface area (Å²) in [6.45, 7) is 1.28. The molecule has 0 aliphatic rings. The number of carboxylic acid groups (broad SMARTS) is 1. The summed E-state index contributed by atoms with van der Waals surface area (Å²) in [6.07, 6.45) is 1.22. The lowest BCUT2D eigenvalue weighted by molar-refractivity contribution is -0.142. The lowest BCUT2D eigenvalue weighted by atomic mass is 10.2. The molecule has 0 fully saturated rings. The van der Waals surface area contributed by atoms with Gasteiger partial charge in [0.25, 0.3) is 5.56 Å². The Morgan fingerprint density at radius 1 is 1.47 bits per heavy atom. The van der Waals surface area contributed by atoms with Crippen LogP contribution in [0.5, 0.6) is 0 Å². The predicted octanol–water partition coefficient (Wildman–Crippen LogP) is -1.28.